The number of carbonyl (C=O) groups is 2. The average Bonchev–Trinajstić information content (AvgIpc) is 2.91. The molecule has 0 saturated carbocycles. The van der Waals surface area contributed by atoms with Crippen molar-refractivity contribution in [1.29, 1.82) is 0 Å². The SMILES string of the molecule is CNS(=O)(=O)c1cccc(C(=O)OCC(=O)c2cc(C)sc2C)c1. The summed E-state index contributed by atoms with van der Waals surface area (Å²) in [6.07, 6.45) is 0. The lowest BCUT2D eigenvalue weighted by Gasteiger charge is -2.06. The molecule has 0 aliphatic rings. The lowest BCUT2D eigenvalue weighted by molar-refractivity contribution is 0.0474. The third kappa shape index (κ3) is 4.08. The zero-order valence-corrected chi connectivity index (χ0v) is 15.1. The van der Waals surface area contributed by atoms with Crippen molar-refractivity contribution in [3.63, 3.8) is 0 Å². The predicted molar refractivity (Wildman–Crippen MR) is 91.1 cm³/mol. The number of rotatable bonds is 6. The van der Waals surface area contributed by atoms with Gasteiger partial charge in [0.15, 0.2) is 6.61 Å². The fourth-order valence-corrected chi connectivity index (χ4v) is 3.83. The third-order valence-electron chi connectivity index (χ3n) is 3.32. The molecule has 1 aromatic carbocycles. The number of hydrogen-bond acceptors (Lipinski definition) is 6. The van der Waals surface area contributed by atoms with E-state index >= 15 is 0 Å². The fraction of sp³-hybridized carbons (Fsp3) is 0.250. The molecule has 0 spiro atoms. The number of carbonyl (C=O) groups excluding carboxylic acids is 2. The normalized spacial score (nSPS) is 11.3. The highest BCUT2D eigenvalue weighted by Crippen LogP contribution is 2.21. The lowest BCUT2D eigenvalue weighted by Crippen LogP contribution is -2.19. The molecule has 1 heterocycles. The molecule has 2 rings (SSSR count). The maximum atomic E-state index is 12.1. The monoisotopic (exact) mass is 367 g/mol. The van der Waals surface area contributed by atoms with Crippen LogP contribution >= 0.6 is 11.3 Å². The molecule has 0 unspecified atom stereocenters. The molecule has 0 amide bonds. The minimum absolute atomic E-state index is 0.0462. The van der Waals surface area contributed by atoms with Gasteiger partial charge in [0.25, 0.3) is 0 Å². The average molecular weight is 367 g/mol. The number of Topliss-reactive ketones (excluding diaryl/α,β-unsaturated/α-hetero) is 1. The summed E-state index contributed by atoms with van der Waals surface area (Å²) in [5.74, 6) is -1.04. The van der Waals surface area contributed by atoms with Crippen LogP contribution in [0.15, 0.2) is 35.2 Å². The van der Waals surface area contributed by atoms with Gasteiger partial charge in [-0.05, 0) is 45.2 Å². The first-order valence-corrected chi connectivity index (χ1v) is 9.35. The Balaban J connectivity index is 2.09. The second-order valence-corrected chi connectivity index (χ2v) is 8.41. The van der Waals surface area contributed by atoms with Crippen molar-refractivity contribution in [1.82, 2.24) is 4.72 Å². The summed E-state index contributed by atoms with van der Waals surface area (Å²) < 4.78 is 30.7. The van der Waals surface area contributed by atoms with E-state index in [2.05, 4.69) is 4.72 Å². The second kappa shape index (κ2) is 7.25. The van der Waals surface area contributed by atoms with Gasteiger partial charge in [0, 0.05) is 15.3 Å². The highest BCUT2D eigenvalue weighted by atomic mass is 32.2. The van der Waals surface area contributed by atoms with Gasteiger partial charge in [-0.3, -0.25) is 4.79 Å². The van der Waals surface area contributed by atoms with E-state index in [1.54, 1.807) is 6.07 Å². The van der Waals surface area contributed by atoms with E-state index < -0.39 is 22.6 Å². The molecule has 128 valence electrons. The molecule has 6 nitrogen and oxygen atoms in total. The standard InChI is InChI=1S/C16H17NO5S2/c1-10-7-14(11(2)23-10)15(18)9-22-16(19)12-5-4-6-13(8-12)24(20,21)17-3/h4-8,17H,9H2,1-3H3. The van der Waals surface area contributed by atoms with E-state index in [1.807, 2.05) is 13.8 Å². The predicted octanol–water partition coefficient (Wildman–Crippen LogP) is 2.31. The van der Waals surface area contributed by atoms with Crippen molar-refractivity contribution >= 4 is 33.1 Å². The summed E-state index contributed by atoms with van der Waals surface area (Å²) in [6.45, 7) is 3.34. The van der Waals surface area contributed by atoms with E-state index in [4.69, 9.17) is 4.74 Å². The maximum Gasteiger partial charge on any atom is 0.338 e. The molecule has 8 heteroatoms. The van der Waals surface area contributed by atoms with Crippen molar-refractivity contribution in [3.05, 3.63) is 51.2 Å². The van der Waals surface area contributed by atoms with Crippen LogP contribution in [0.25, 0.3) is 0 Å². The number of sulfonamides is 1. The van der Waals surface area contributed by atoms with Crippen LogP contribution in [0.4, 0.5) is 0 Å². The number of benzene rings is 1. The molecule has 0 atom stereocenters. The Labute approximate surface area is 144 Å². The Morgan fingerprint density at radius 2 is 1.92 bits per heavy atom. The first kappa shape index (κ1) is 18.3. The number of thiophene rings is 1. The van der Waals surface area contributed by atoms with Crippen molar-refractivity contribution in [2.75, 3.05) is 13.7 Å². The molecule has 2 aromatic rings. The third-order valence-corrected chi connectivity index (χ3v) is 5.70. The minimum atomic E-state index is -3.65. The summed E-state index contributed by atoms with van der Waals surface area (Å²) >= 11 is 1.50. The number of ether oxygens (including phenoxy) is 1. The minimum Gasteiger partial charge on any atom is -0.454 e. The molecule has 0 saturated heterocycles. The van der Waals surface area contributed by atoms with Gasteiger partial charge in [-0.2, -0.15) is 0 Å². The van der Waals surface area contributed by atoms with Gasteiger partial charge in [0.2, 0.25) is 15.8 Å². The highest BCUT2D eigenvalue weighted by molar-refractivity contribution is 7.89. The number of esters is 1. The molecule has 0 aliphatic heterocycles. The van der Waals surface area contributed by atoms with Gasteiger partial charge in [-0.25, -0.2) is 17.9 Å². The Kier molecular flexibility index (Phi) is 5.53. The van der Waals surface area contributed by atoms with Crippen LogP contribution in [0.5, 0.6) is 0 Å². The van der Waals surface area contributed by atoms with Gasteiger partial charge in [0.1, 0.15) is 0 Å². The van der Waals surface area contributed by atoms with Crippen LogP contribution in [0.1, 0.15) is 30.5 Å². The summed E-state index contributed by atoms with van der Waals surface area (Å²) in [4.78, 5) is 26.0. The first-order valence-electron chi connectivity index (χ1n) is 7.05. The zero-order chi connectivity index (χ0) is 17.9. The molecule has 0 aliphatic carbocycles. The van der Waals surface area contributed by atoms with Crippen molar-refractivity contribution in [3.8, 4) is 0 Å². The largest absolute Gasteiger partial charge is 0.454 e. The maximum absolute atomic E-state index is 12.1. The Morgan fingerprint density at radius 1 is 1.21 bits per heavy atom. The quantitative estimate of drug-likeness (QED) is 0.625. The summed E-state index contributed by atoms with van der Waals surface area (Å²) in [6, 6.07) is 7.21. The van der Waals surface area contributed by atoms with Crippen molar-refractivity contribution in [2.45, 2.75) is 18.7 Å². The Bertz CT molecular complexity index is 884. The van der Waals surface area contributed by atoms with Crippen LogP contribution in [0, 0.1) is 13.8 Å². The number of nitrogens with one attached hydrogen (secondary N) is 1. The fourth-order valence-electron chi connectivity index (χ4n) is 2.11. The molecule has 24 heavy (non-hydrogen) atoms. The van der Waals surface area contributed by atoms with Crippen LogP contribution in [0.2, 0.25) is 0 Å². The summed E-state index contributed by atoms with van der Waals surface area (Å²) in [5, 5.41) is 0. The lowest BCUT2D eigenvalue weighted by atomic mass is 10.2. The van der Waals surface area contributed by atoms with E-state index in [0.29, 0.717) is 5.56 Å². The number of ketones is 1. The Hall–Kier alpha value is -2.03. The number of aryl methyl sites for hydroxylation is 2. The highest BCUT2D eigenvalue weighted by Gasteiger charge is 2.17. The van der Waals surface area contributed by atoms with Crippen LogP contribution in [0.3, 0.4) is 0 Å². The van der Waals surface area contributed by atoms with Crippen molar-refractivity contribution in [2.24, 2.45) is 0 Å². The van der Waals surface area contributed by atoms with E-state index in [-0.39, 0.29) is 16.2 Å². The molecule has 1 N–H and O–H groups in total. The van der Waals surface area contributed by atoms with E-state index in [1.165, 1.54) is 42.6 Å². The van der Waals surface area contributed by atoms with Crippen molar-refractivity contribution < 1.29 is 22.7 Å². The molecule has 0 fully saturated rings. The van der Waals surface area contributed by atoms with Gasteiger partial charge in [-0.15, -0.1) is 11.3 Å². The van der Waals surface area contributed by atoms with Gasteiger partial charge < -0.3 is 4.74 Å². The van der Waals surface area contributed by atoms with Gasteiger partial charge in [0.05, 0.1) is 10.5 Å². The topological polar surface area (TPSA) is 89.5 Å². The summed E-state index contributed by atoms with van der Waals surface area (Å²) in [7, 11) is -2.37. The summed E-state index contributed by atoms with van der Waals surface area (Å²) in [5.41, 5.74) is 0.606. The number of hydrogen-bond donors (Lipinski definition) is 1. The van der Waals surface area contributed by atoms with Gasteiger partial charge >= 0.3 is 5.97 Å². The van der Waals surface area contributed by atoms with Gasteiger partial charge in [-0.1, -0.05) is 6.07 Å². The van der Waals surface area contributed by atoms with Crippen LogP contribution in [-0.4, -0.2) is 33.8 Å². The van der Waals surface area contributed by atoms with Crippen LogP contribution < -0.4 is 4.72 Å². The molecular formula is C16H17NO5S2. The Morgan fingerprint density at radius 3 is 2.50 bits per heavy atom. The molecular weight excluding hydrogens is 350 g/mol. The molecule has 1 aromatic heterocycles. The smallest absolute Gasteiger partial charge is 0.338 e. The second-order valence-electron chi connectivity index (χ2n) is 5.06. The first-order chi connectivity index (χ1) is 11.2. The molecule has 0 bridgehead atoms. The van der Waals surface area contributed by atoms with E-state index in [9.17, 15) is 18.0 Å². The van der Waals surface area contributed by atoms with Crippen LogP contribution in [-0.2, 0) is 14.8 Å². The van der Waals surface area contributed by atoms with E-state index in [0.717, 1.165) is 9.75 Å². The molecule has 0 radical (unpaired) electrons. The zero-order valence-electron chi connectivity index (χ0n) is 13.5.